The summed E-state index contributed by atoms with van der Waals surface area (Å²) in [5.41, 5.74) is 3.33. The molecule has 9 heteroatoms. The molecule has 0 spiro atoms. The Hall–Kier alpha value is -2.43. The molecule has 7 nitrogen and oxygen atoms in total. The maximum absolute atomic E-state index is 9.93. The molecule has 340 valence electrons. The Bertz CT molecular complexity index is 1590. The number of aliphatic hydroxyl groups is 2. The van der Waals surface area contributed by atoms with E-state index in [1.54, 1.807) is 18.9 Å². The van der Waals surface area contributed by atoms with E-state index in [0.29, 0.717) is 19.6 Å². The Labute approximate surface area is 378 Å². The molecule has 6 unspecified atom stereocenters. The summed E-state index contributed by atoms with van der Waals surface area (Å²) in [5.74, 6) is 3.16. The van der Waals surface area contributed by atoms with Gasteiger partial charge in [-0.15, -0.1) is 18.3 Å². The number of unbranched alkanes of at least 4 members (excludes halogenated alkanes) is 15. The average Bonchev–Trinajstić information content (AvgIpc) is 3.28. The van der Waals surface area contributed by atoms with Crippen LogP contribution in [0.5, 0.6) is 11.5 Å². The molecule has 1 heterocycles. The number of oxime groups is 1. The Balaban J connectivity index is 1.35. The van der Waals surface area contributed by atoms with Gasteiger partial charge in [-0.25, -0.2) is 0 Å². The zero-order valence-electron chi connectivity index (χ0n) is 37.8. The second-order valence-corrected chi connectivity index (χ2v) is 19.9. The molecule has 1 saturated carbocycles. The van der Waals surface area contributed by atoms with Crippen LogP contribution in [0.15, 0.2) is 82.9 Å². The third kappa shape index (κ3) is 14.8. The molecule has 61 heavy (non-hydrogen) atoms. The molecule has 6 atom stereocenters. The van der Waals surface area contributed by atoms with Crippen LogP contribution < -0.4 is 9.47 Å². The predicted molar refractivity (Wildman–Crippen MR) is 257 cm³/mol. The van der Waals surface area contributed by atoms with Crippen molar-refractivity contribution >= 4 is 29.2 Å². The SMILES string of the molecule is C=CCOC12Oc3ccc(OCCSc4ccccc4)cc3C3C(CCCCO)C(CCCCO)C=C(C(=NOC)CC1SCCCCCCCCCCCCCCCC)C32. The summed E-state index contributed by atoms with van der Waals surface area (Å²) in [7, 11) is 1.66. The minimum Gasteiger partial charge on any atom is -0.493 e. The van der Waals surface area contributed by atoms with Gasteiger partial charge < -0.3 is 29.3 Å². The number of hydrogen-bond acceptors (Lipinski definition) is 9. The third-order valence-electron chi connectivity index (χ3n) is 13.0. The van der Waals surface area contributed by atoms with Crippen LogP contribution in [-0.2, 0) is 9.57 Å². The Kier molecular flexibility index (Phi) is 23.1. The average molecular weight is 878 g/mol. The lowest BCUT2D eigenvalue weighted by Gasteiger charge is -2.58. The molecule has 0 bridgehead atoms. The van der Waals surface area contributed by atoms with Gasteiger partial charge in [0.25, 0.3) is 0 Å². The molecular weight excluding hydrogens is 799 g/mol. The van der Waals surface area contributed by atoms with Crippen molar-refractivity contribution in [1.82, 2.24) is 0 Å². The van der Waals surface area contributed by atoms with E-state index in [4.69, 9.17) is 24.2 Å². The minimum atomic E-state index is -0.925. The first kappa shape index (κ1) is 49.6. The zero-order valence-corrected chi connectivity index (χ0v) is 39.4. The monoisotopic (exact) mass is 878 g/mol. The summed E-state index contributed by atoms with van der Waals surface area (Å²) < 4.78 is 20.9. The second-order valence-electron chi connectivity index (χ2n) is 17.4. The predicted octanol–water partition coefficient (Wildman–Crippen LogP) is 13.3. The van der Waals surface area contributed by atoms with Gasteiger partial charge in [0, 0.05) is 41.8 Å². The van der Waals surface area contributed by atoms with E-state index in [1.165, 1.54) is 100 Å². The summed E-state index contributed by atoms with van der Waals surface area (Å²) in [6, 6.07) is 16.9. The van der Waals surface area contributed by atoms with Crippen molar-refractivity contribution in [2.75, 3.05) is 45.0 Å². The van der Waals surface area contributed by atoms with Crippen LogP contribution in [0.2, 0.25) is 0 Å². The van der Waals surface area contributed by atoms with Crippen molar-refractivity contribution in [1.29, 1.82) is 0 Å². The zero-order chi connectivity index (χ0) is 43.0. The Morgan fingerprint density at radius 1 is 0.820 bits per heavy atom. The summed E-state index contributed by atoms with van der Waals surface area (Å²) in [4.78, 5) is 6.86. The number of fused-ring (bicyclic) bond motifs is 2. The van der Waals surface area contributed by atoms with Crippen LogP contribution in [0.3, 0.4) is 0 Å². The van der Waals surface area contributed by atoms with Crippen LogP contribution >= 0.6 is 23.5 Å². The summed E-state index contributed by atoms with van der Waals surface area (Å²) in [5, 5.41) is 24.5. The van der Waals surface area contributed by atoms with Gasteiger partial charge in [-0.1, -0.05) is 139 Å². The molecule has 0 radical (unpaired) electrons. The number of benzene rings is 2. The van der Waals surface area contributed by atoms with Gasteiger partial charge in [0.1, 0.15) is 18.6 Å². The van der Waals surface area contributed by atoms with Gasteiger partial charge in [-0.3, -0.25) is 0 Å². The maximum atomic E-state index is 9.93. The molecule has 3 aliphatic rings. The smallest absolute Gasteiger partial charge is 0.230 e. The molecule has 1 aliphatic heterocycles. The molecule has 0 saturated heterocycles. The van der Waals surface area contributed by atoms with Gasteiger partial charge in [0.05, 0.1) is 30.1 Å². The fourth-order valence-corrected chi connectivity index (χ4v) is 12.2. The normalized spacial score (nSPS) is 23.5. The van der Waals surface area contributed by atoms with Gasteiger partial charge in [-0.2, -0.15) is 11.8 Å². The molecule has 5 rings (SSSR count). The van der Waals surface area contributed by atoms with E-state index >= 15 is 0 Å². The molecule has 0 amide bonds. The lowest BCUT2D eigenvalue weighted by Crippen LogP contribution is -2.64. The van der Waals surface area contributed by atoms with Crippen LogP contribution in [0.4, 0.5) is 0 Å². The topological polar surface area (TPSA) is 89.7 Å². The highest BCUT2D eigenvalue weighted by Crippen LogP contribution is 2.62. The standard InChI is InChI=1S/C52H79NO6S2/c1-4-6-7-8-9-10-11-12-13-14-15-16-17-25-36-61-49-40-47(53-56-3)45-38-41(26-21-23-32-54)44(29-22-24-33-55)50-46-39-42(57-35-37-60-43-27-19-18-20-28-43)30-31-48(46)59-52(49,51(45)50)58-34-5-2/h5,18-20,27-28,30-31,38-39,41,44,49-51,54-55H,2,4,6-17,21-26,29,32-37,40H2,1,3H3. The first-order valence-electron chi connectivity index (χ1n) is 24.1. The highest BCUT2D eigenvalue weighted by Gasteiger charge is 2.63. The number of ether oxygens (including phenoxy) is 3. The summed E-state index contributed by atoms with van der Waals surface area (Å²) in [6.07, 6.45) is 29.3. The summed E-state index contributed by atoms with van der Waals surface area (Å²) >= 11 is 3.78. The van der Waals surface area contributed by atoms with Crippen molar-refractivity contribution in [3.8, 4) is 11.5 Å². The number of hydrogen-bond donors (Lipinski definition) is 2. The first-order chi connectivity index (χ1) is 30.1. The van der Waals surface area contributed by atoms with Crippen molar-refractivity contribution in [3.05, 3.63) is 78.4 Å². The number of rotatable bonds is 33. The van der Waals surface area contributed by atoms with Crippen molar-refractivity contribution in [2.24, 2.45) is 22.9 Å². The van der Waals surface area contributed by atoms with Crippen molar-refractivity contribution < 1.29 is 29.3 Å². The van der Waals surface area contributed by atoms with E-state index in [-0.39, 0.29) is 42.1 Å². The van der Waals surface area contributed by atoms with Gasteiger partial charge in [0.15, 0.2) is 0 Å². The number of aliphatic hydroxyl groups excluding tert-OH is 2. The highest BCUT2D eigenvalue weighted by molar-refractivity contribution is 8.00. The molecule has 2 aromatic rings. The molecule has 2 aliphatic carbocycles. The molecule has 0 aromatic heterocycles. The molecular formula is C52H79NO6S2. The fraction of sp³-hybridized carbons (Fsp3) is 0.673. The lowest BCUT2D eigenvalue weighted by molar-refractivity contribution is -0.223. The van der Waals surface area contributed by atoms with Crippen LogP contribution in [-0.4, -0.2) is 72.0 Å². The van der Waals surface area contributed by atoms with E-state index in [0.717, 1.165) is 72.8 Å². The van der Waals surface area contributed by atoms with Gasteiger partial charge in [-0.05, 0) is 85.6 Å². The first-order valence-corrected chi connectivity index (χ1v) is 26.2. The number of allylic oxidation sites excluding steroid dienone is 1. The van der Waals surface area contributed by atoms with E-state index in [9.17, 15) is 10.2 Å². The molecule has 1 fully saturated rings. The van der Waals surface area contributed by atoms with Crippen LogP contribution in [0.1, 0.15) is 153 Å². The van der Waals surface area contributed by atoms with E-state index < -0.39 is 5.79 Å². The quantitative estimate of drug-likeness (QED) is 0.0317. The molecule has 2 N–H and O–H groups in total. The second kappa shape index (κ2) is 28.4. The largest absolute Gasteiger partial charge is 0.493 e. The maximum Gasteiger partial charge on any atom is 0.230 e. The van der Waals surface area contributed by atoms with E-state index in [2.05, 4.69) is 62.0 Å². The highest BCUT2D eigenvalue weighted by atomic mass is 32.2. The van der Waals surface area contributed by atoms with Crippen molar-refractivity contribution in [3.63, 3.8) is 0 Å². The van der Waals surface area contributed by atoms with Crippen LogP contribution in [0, 0.1) is 17.8 Å². The Morgan fingerprint density at radius 3 is 2.15 bits per heavy atom. The van der Waals surface area contributed by atoms with E-state index in [1.807, 2.05) is 23.9 Å². The fourth-order valence-electron chi connectivity index (χ4n) is 10.0. The van der Waals surface area contributed by atoms with Crippen molar-refractivity contribution in [2.45, 2.75) is 164 Å². The number of thioether (sulfide) groups is 2. The van der Waals surface area contributed by atoms with Crippen LogP contribution in [0.25, 0.3) is 0 Å². The lowest BCUT2D eigenvalue weighted by atomic mass is 9.56. The molecule has 2 aromatic carbocycles. The third-order valence-corrected chi connectivity index (χ3v) is 15.4. The minimum absolute atomic E-state index is 0.00362. The van der Waals surface area contributed by atoms with Gasteiger partial charge >= 0.3 is 0 Å². The number of nitrogens with zero attached hydrogens (tertiary/aromatic N) is 1. The summed E-state index contributed by atoms with van der Waals surface area (Å²) in [6.45, 7) is 7.73. The Morgan fingerprint density at radius 2 is 1.49 bits per heavy atom. The van der Waals surface area contributed by atoms with Gasteiger partial charge in [0.2, 0.25) is 5.79 Å².